The second-order valence-corrected chi connectivity index (χ2v) is 10.7. The van der Waals surface area contributed by atoms with Gasteiger partial charge in [-0.15, -0.1) is 11.3 Å². The second-order valence-electron chi connectivity index (χ2n) is 7.67. The topological polar surface area (TPSA) is 42.3 Å². The van der Waals surface area contributed by atoms with Gasteiger partial charge < -0.3 is 9.32 Å². The predicted molar refractivity (Wildman–Crippen MR) is 128 cm³/mol. The van der Waals surface area contributed by atoms with E-state index in [0.29, 0.717) is 15.7 Å². The number of hydrogen-bond acceptors (Lipinski definition) is 6. The molecule has 3 aromatic heterocycles. The number of thioether (sulfide) groups is 1. The van der Waals surface area contributed by atoms with E-state index in [1.807, 2.05) is 30.3 Å². The molecule has 12 heteroatoms. The van der Waals surface area contributed by atoms with Crippen LogP contribution in [-0.4, -0.2) is 11.6 Å². The highest BCUT2D eigenvalue weighted by atomic mass is 32.2. The number of alkyl halides is 3. The second kappa shape index (κ2) is 8.99. The molecule has 4 aromatic rings. The predicted octanol–water partition coefficient (Wildman–Crippen LogP) is 4.21. The van der Waals surface area contributed by atoms with Crippen LogP contribution in [0.4, 0.5) is 23.2 Å². The van der Waals surface area contributed by atoms with Crippen molar-refractivity contribution in [2.24, 2.45) is 0 Å². The molecule has 0 radical (unpaired) electrons. The van der Waals surface area contributed by atoms with Crippen molar-refractivity contribution < 1.29 is 26.5 Å². The minimum atomic E-state index is -4.54. The van der Waals surface area contributed by atoms with Gasteiger partial charge in [-0.25, -0.2) is 4.39 Å². The van der Waals surface area contributed by atoms with Crippen LogP contribution < -0.4 is 24.2 Å². The van der Waals surface area contributed by atoms with Gasteiger partial charge in [-0.1, -0.05) is 23.1 Å². The molecule has 0 N–H and O–H groups in total. The van der Waals surface area contributed by atoms with E-state index >= 15 is 0 Å². The van der Waals surface area contributed by atoms with Crippen molar-refractivity contribution in [1.82, 2.24) is 4.57 Å². The van der Waals surface area contributed by atoms with Crippen LogP contribution >= 0.6 is 34.4 Å². The van der Waals surface area contributed by atoms with Gasteiger partial charge in [0.1, 0.15) is 20.0 Å². The average molecular weight is 541 g/mol. The van der Waals surface area contributed by atoms with Gasteiger partial charge in [0, 0.05) is 18.5 Å². The fourth-order valence-corrected chi connectivity index (χ4v) is 7.09. The number of benzene rings is 1. The zero-order valence-electron chi connectivity index (χ0n) is 18.4. The number of fused-ring (bicyclic) bond motifs is 1. The Morgan fingerprint density at radius 2 is 2.00 bits per heavy atom. The van der Waals surface area contributed by atoms with Crippen molar-refractivity contribution in [3.05, 3.63) is 83.8 Å². The summed E-state index contributed by atoms with van der Waals surface area (Å²) in [5.41, 5.74) is 0.691. The van der Waals surface area contributed by atoms with Gasteiger partial charge in [-0.05, 0) is 37.3 Å². The van der Waals surface area contributed by atoms with Gasteiger partial charge in [-0.2, -0.15) is 17.7 Å². The molecule has 0 fully saturated rings. The minimum absolute atomic E-state index is 0.122. The molecule has 182 valence electrons. The summed E-state index contributed by atoms with van der Waals surface area (Å²) in [5, 5.41) is 3.31. The van der Waals surface area contributed by atoms with E-state index in [1.54, 1.807) is 21.4 Å². The van der Waals surface area contributed by atoms with Crippen LogP contribution in [0.3, 0.4) is 0 Å². The standard InChI is InChI=1S/C23H18F4N3O2S3/c1-3-30-19(11-18-29(8-9-33-18)12-14-5-7-17(32-14)23(25,26)27)35-20(21(30)31)22-28(2)15-6-4-13(24)10-16(15)34-22/h4-11H,3,12H2,1-2H3/q+1/b22-20+. The molecule has 1 aliphatic rings. The van der Waals surface area contributed by atoms with E-state index in [1.165, 1.54) is 52.6 Å². The number of furan rings is 1. The van der Waals surface area contributed by atoms with Gasteiger partial charge in [0.25, 0.3) is 10.6 Å². The van der Waals surface area contributed by atoms with Crippen LogP contribution in [0.5, 0.6) is 0 Å². The first-order valence-corrected chi connectivity index (χ1v) is 13.0. The van der Waals surface area contributed by atoms with Crippen LogP contribution in [-0.2, 0) is 19.3 Å². The normalized spacial score (nSPS) is 15.8. The molecule has 1 aromatic carbocycles. The van der Waals surface area contributed by atoms with E-state index in [0.717, 1.165) is 26.7 Å². The Morgan fingerprint density at radius 1 is 1.20 bits per heavy atom. The summed E-state index contributed by atoms with van der Waals surface area (Å²) in [5.74, 6) is -1.19. The van der Waals surface area contributed by atoms with Crippen LogP contribution in [0, 0.1) is 5.82 Å². The maximum absolute atomic E-state index is 13.7. The fourth-order valence-electron chi connectivity index (χ4n) is 3.75. The summed E-state index contributed by atoms with van der Waals surface area (Å²) in [7, 11) is 1.84. The number of rotatable bonds is 4. The summed E-state index contributed by atoms with van der Waals surface area (Å²) in [6, 6.07) is 6.77. The Balaban J connectivity index is 1.55. The van der Waals surface area contributed by atoms with Gasteiger partial charge in [0.15, 0.2) is 12.0 Å². The molecule has 5 rings (SSSR count). The lowest BCUT2D eigenvalue weighted by Crippen LogP contribution is -2.36. The number of anilines is 1. The summed E-state index contributed by atoms with van der Waals surface area (Å²) >= 11 is 4.09. The van der Waals surface area contributed by atoms with Gasteiger partial charge in [0.05, 0.1) is 17.1 Å². The first-order chi connectivity index (χ1) is 16.7. The summed E-state index contributed by atoms with van der Waals surface area (Å²) < 4.78 is 62.0. The largest absolute Gasteiger partial charge is 0.450 e. The maximum Gasteiger partial charge on any atom is 0.449 e. The molecule has 0 atom stereocenters. The van der Waals surface area contributed by atoms with Crippen molar-refractivity contribution in [3.63, 3.8) is 0 Å². The molecular formula is C23H18F4N3O2S3+. The lowest BCUT2D eigenvalue weighted by atomic mass is 10.3. The lowest BCUT2D eigenvalue weighted by Gasteiger charge is -2.12. The Morgan fingerprint density at radius 3 is 2.71 bits per heavy atom. The van der Waals surface area contributed by atoms with E-state index in [9.17, 15) is 22.4 Å². The molecule has 35 heavy (non-hydrogen) atoms. The van der Waals surface area contributed by atoms with E-state index in [4.69, 9.17) is 4.42 Å². The highest BCUT2D eigenvalue weighted by molar-refractivity contribution is 8.08. The van der Waals surface area contributed by atoms with E-state index < -0.39 is 11.9 Å². The van der Waals surface area contributed by atoms with Gasteiger partial charge in [0.2, 0.25) is 12.3 Å². The van der Waals surface area contributed by atoms with Crippen LogP contribution in [0.15, 0.2) is 56.0 Å². The Labute approximate surface area is 208 Å². The number of thiazole rings is 2. The van der Waals surface area contributed by atoms with Crippen molar-refractivity contribution in [2.75, 3.05) is 11.9 Å². The maximum atomic E-state index is 13.7. The number of nitrogens with zero attached hydrogens (tertiary/aromatic N) is 3. The monoisotopic (exact) mass is 540 g/mol. The SMILES string of the molecule is CCn1c(=O)/c(=C2\Sc3cc(F)ccc3N2C)s/c1=C\c1scc[n+]1Cc1ccc(C(F)(F)F)o1. The van der Waals surface area contributed by atoms with Gasteiger partial charge >= 0.3 is 6.18 Å². The van der Waals surface area contributed by atoms with Crippen LogP contribution in [0.2, 0.25) is 0 Å². The number of aromatic nitrogens is 2. The smallest absolute Gasteiger partial charge is 0.449 e. The molecule has 0 spiro atoms. The van der Waals surface area contributed by atoms with Crippen LogP contribution in [0.25, 0.3) is 11.1 Å². The quantitative estimate of drug-likeness (QED) is 0.287. The van der Waals surface area contributed by atoms with E-state index in [-0.39, 0.29) is 23.7 Å². The Kier molecular flexibility index (Phi) is 6.14. The molecule has 4 heterocycles. The highest BCUT2D eigenvalue weighted by Gasteiger charge is 2.35. The van der Waals surface area contributed by atoms with Gasteiger partial charge in [-0.3, -0.25) is 9.36 Å². The van der Waals surface area contributed by atoms with E-state index in [2.05, 4.69) is 0 Å². The molecule has 0 unspecified atom stereocenters. The molecule has 0 saturated carbocycles. The zero-order valence-corrected chi connectivity index (χ0v) is 20.9. The summed E-state index contributed by atoms with van der Waals surface area (Å²) in [6.45, 7) is 2.44. The third-order valence-electron chi connectivity index (χ3n) is 5.44. The molecule has 0 aliphatic carbocycles. The number of halogens is 4. The summed E-state index contributed by atoms with van der Waals surface area (Å²) in [4.78, 5) is 15.9. The Hall–Kier alpha value is -2.83. The molecule has 1 aliphatic heterocycles. The lowest BCUT2D eigenvalue weighted by molar-refractivity contribution is -0.686. The molecule has 0 amide bonds. The van der Waals surface area contributed by atoms with Crippen molar-refractivity contribution in [3.8, 4) is 0 Å². The molecule has 0 saturated heterocycles. The molecule has 0 bridgehead atoms. The highest BCUT2D eigenvalue weighted by Crippen LogP contribution is 2.45. The fraction of sp³-hybridized carbons (Fsp3) is 0.217. The summed E-state index contributed by atoms with van der Waals surface area (Å²) in [6.07, 6.45) is -0.925. The Bertz CT molecular complexity index is 1600. The number of hydrogen-bond donors (Lipinski definition) is 0. The van der Waals surface area contributed by atoms with Crippen LogP contribution in [0.1, 0.15) is 23.5 Å². The van der Waals surface area contributed by atoms with Crippen molar-refractivity contribution >= 4 is 51.2 Å². The third-order valence-corrected chi connectivity index (χ3v) is 8.76. The van der Waals surface area contributed by atoms with Crippen molar-refractivity contribution in [2.45, 2.75) is 31.1 Å². The molecule has 5 nitrogen and oxygen atoms in total. The third kappa shape index (κ3) is 4.45. The zero-order chi connectivity index (χ0) is 24.9. The minimum Gasteiger partial charge on any atom is -0.450 e. The van der Waals surface area contributed by atoms with Crippen molar-refractivity contribution in [1.29, 1.82) is 0 Å². The average Bonchev–Trinajstić information content (AvgIpc) is 3.56. The molecular weight excluding hydrogens is 522 g/mol. The first-order valence-electron chi connectivity index (χ1n) is 10.5. The first kappa shape index (κ1) is 23.9.